The fourth-order valence-electron chi connectivity index (χ4n) is 1.98. The lowest BCUT2D eigenvalue weighted by Crippen LogP contribution is -2.31. The predicted molar refractivity (Wildman–Crippen MR) is 89.2 cm³/mol. The van der Waals surface area contributed by atoms with Crippen molar-refractivity contribution in [1.82, 2.24) is 0 Å². The van der Waals surface area contributed by atoms with Crippen molar-refractivity contribution in [1.29, 1.82) is 0 Å². The Morgan fingerprint density at radius 3 is 2.58 bits per heavy atom. The van der Waals surface area contributed by atoms with Gasteiger partial charge in [0.2, 0.25) is 5.91 Å². The number of benzene rings is 1. The number of hydrogen-bond acceptors (Lipinski definition) is 2. The molecular formula is C15H23IN2O. The van der Waals surface area contributed by atoms with E-state index in [4.69, 9.17) is 5.73 Å². The number of carbonyl (C=O) groups excluding carboxylic acids is 1. The molecule has 3 nitrogen and oxygen atoms in total. The maximum absolute atomic E-state index is 11.9. The molecule has 0 aromatic heterocycles. The lowest BCUT2D eigenvalue weighted by Gasteiger charge is -2.22. The fraction of sp³-hybridized carbons (Fsp3) is 0.533. The monoisotopic (exact) mass is 374 g/mol. The van der Waals surface area contributed by atoms with Crippen LogP contribution in [-0.4, -0.2) is 11.9 Å². The van der Waals surface area contributed by atoms with Gasteiger partial charge in [-0.1, -0.05) is 26.8 Å². The van der Waals surface area contributed by atoms with Crippen molar-refractivity contribution < 1.29 is 4.79 Å². The molecule has 0 radical (unpaired) electrons. The van der Waals surface area contributed by atoms with Crippen LogP contribution in [-0.2, 0) is 4.79 Å². The Morgan fingerprint density at radius 1 is 1.42 bits per heavy atom. The van der Waals surface area contributed by atoms with Gasteiger partial charge in [-0.15, -0.1) is 0 Å². The van der Waals surface area contributed by atoms with Crippen LogP contribution in [0.3, 0.4) is 0 Å². The quantitative estimate of drug-likeness (QED) is 0.790. The summed E-state index contributed by atoms with van der Waals surface area (Å²) in [6, 6.07) is 5.81. The van der Waals surface area contributed by atoms with Gasteiger partial charge >= 0.3 is 0 Å². The van der Waals surface area contributed by atoms with Crippen LogP contribution in [0.15, 0.2) is 18.2 Å². The zero-order chi connectivity index (χ0) is 14.6. The van der Waals surface area contributed by atoms with Gasteiger partial charge in [0, 0.05) is 21.7 Å². The number of anilines is 1. The van der Waals surface area contributed by atoms with Crippen molar-refractivity contribution in [3.63, 3.8) is 0 Å². The van der Waals surface area contributed by atoms with Gasteiger partial charge in [-0.2, -0.15) is 0 Å². The first-order valence-corrected chi connectivity index (χ1v) is 7.57. The Hall–Kier alpha value is -0.620. The van der Waals surface area contributed by atoms with Crippen LogP contribution in [0.4, 0.5) is 5.69 Å². The van der Waals surface area contributed by atoms with Gasteiger partial charge in [0.05, 0.1) is 0 Å². The Morgan fingerprint density at radius 2 is 2.05 bits per heavy atom. The van der Waals surface area contributed by atoms with E-state index in [0.717, 1.165) is 15.7 Å². The van der Waals surface area contributed by atoms with E-state index in [9.17, 15) is 4.79 Å². The van der Waals surface area contributed by atoms with Crippen molar-refractivity contribution in [2.24, 2.45) is 11.1 Å². The number of halogens is 1. The second-order valence-corrected chi connectivity index (χ2v) is 7.40. The molecule has 19 heavy (non-hydrogen) atoms. The van der Waals surface area contributed by atoms with Crippen molar-refractivity contribution in [2.45, 2.75) is 46.6 Å². The summed E-state index contributed by atoms with van der Waals surface area (Å²) in [5.41, 5.74) is 8.21. The van der Waals surface area contributed by atoms with Crippen molar-refractivity contribution >= 4 is 34.2 Å². The summed E-state index contributed by atoms with van der Waals surface area (Å²) in [6.45, 7) is 8.44. The number of rotatable bonds is 4. The van der Waals surface area contributed by atoms with Crippen molar-refractivity contribution in [3.8, 4) is 0 Å². The second kappa shape index (κ2) is 6.70. The molecule has 0 aliphatic heterocycles. The average molecular weight is 374 g/mol. The summed E-state index contributed by atoms with van der Waals surface area (Å²) in [5.74, 6) is -0.0172. The minimum absolute atomic E-state index is 0.0172. The molecule has 0 aliphatic rings. The van der Waals surface area contributed by atoms with E-state index < -0.39 is 0 Å². The number of hydrogen-bond donors (Lipinski definition) is 2. The van der Waals surface area contributed by atoms with E-state index in [1.54, 1.807) is 0 Å². The van der Waals surface area contributed by atoms with E-state index in [1.807, 2.05) is 25.1 Å². The lowest BCUT2D eigenvalue weighted by molar-refractivity contribution is -0.116. The van der Waals surface area contributed by atoms with Gasteiger partial charge in [0.15, 0.2) is 0 Å². The zero-order valence-corrected chi connectivity index (χ0v) is 14.2. The van der Waals surface area contributed by atoms with E-state index >= 15 is 0 Å². The molecular weight excluding hydrogens is 351 g/mol. The summed E-state index contributed by atoms with van der Waals surface area (Å²) in [5, 5.41) is 2.90. The smallest absolute Gasteiger partial charge is 0.225 e. The molecule has 1 aromatic carbocycles. The Labute approximate surface area is 129 Å². The van der Waals surface area contributed by atoms with Gasteiger partial charge in [-0.25, -0.2) is 0 Å². The molecule has 0 saturated carbocycles. The third-order valence-electron chi connectivity index (χ3n) is 2.78. The summed E-state index contributed by atoms with van der Waals surface area (Å²) in [6.07, 6.45) is 1.20. The lowest BCUT2D eigenvalue weighted by atomic mass is 9.87. The number of aryl methyl sites for hydroxylation is 1. The van der Waals surface area contributed by atoms with E-state index in [2.05, 4.69) is 48.7 Å². The van der Waals surface area contributed by atoms with Crippen LogP contribution in [0.2, 0.25) is 0 Å². The Kier molecular flexibility index (Phi) is 5.80. The summed E-state index contributed by atoms with van der Waals surface area (Å²) >= 11 is 2.26. The van der Waals surface area contributed by atoms with Crippen LogP contribution in [0.5, 0.6) is 0 Å². The third kappa shape index (κ3) is 6.38. The summed E-state index contributed by atoms with van der Waals surface area (Å²) in [4.78, 5) is 11.9. The summed E-state index contributed by atoms with van der Waals surface area (Å²) < 4.78 is 1.15. The molecule has 1 aromatic rings. The van der Waals surface area contributed by atoms with E-state index in [0.29, 0.717) is 6.42 Å². The summed E-state index contributed by atoms with van der Waals surface area (Å²) in [7, 11) is 0. The average Bonchev–Trinajstić information content (AvgIpc) is 2.20. The third-order valence-corrected chi connectivity index (χ3v) is 3.94. The minimum atomic E-state index is -0.0930. The highest BCUT2D eigenvalue weighted by Gasteiger charge is 2.18. The standard InChI is InChI=1S/C15H23IN2O/c1-10-5-6-12(8-13(10)16)18-14(19)7-11(17)9-15(2,3)4/h5-6,8,11H,7,9,17H2,1-4H3,(H,18,19). The molecule has 0 spiro atoms. The molecule has 0 heterocycles. The largest absolute Gasteiger partial charge is 0.327 e. The molecule has 0 bridgehead atoms. The maximum atomic E-state index is 11.9. The highest BCUT2D eigenvalue weighted by Crippen LogP contribution is 2.22. The van der Waals surface area contributed by atoms with Crippen LogP contribution in [0.25, 0.3) is 0 Å². The van der Waals surface area contributed by atoms with Crippen molar-refractivity contribution in [3.05, 3.63) is 27.3 Å². The molecule has 4 heteroatoms. The Bertz CT molecular complexity index is 452. The Balaban J connectivity index is 2.53. The molecule has 0 saturated heterocycles. The molecule has 3 N–H and O–H groups in total. The molecule has 0 fully saturated rings. The van der Waals surface area contributed by atoms with Crippen LogP contribution in [0, 0.1) is 15.9 Å². The van der Waals surface area contributed by atoms with E-state index in [-0.39, 0.29) is 17.4 Å². The molecule has 1 amide bonds. The highest BCUT2D eigenvalue weighted by atomic mass is 127. The first-order valence-electron chi connectivity index (χ1n) is 6.49. The molecule has 1 unspecified atom stereocenters. The van der Waals surface area contributed by atoms with Crippen LogP contribution >= 0.6 is 22.6 Å². The molecule has 0 aliphatic carbocycles. The normalized spacial score (nSPS) is 13.2. The first kappa shape index (κ1) is 16.4. The SMILES string of the molecule is Cc1ccc(NC(=O)CC(N)CC(C)(C)C)cc1I. The number of nitrogens with one attached hydrogen (secondary N) is 1. The van der Waals surface area contributed by atoms with Gasteiger partial charge in [-0.05, 0) is 59.0 Å². The number of nitrogens with two attached hydrogens (primary N) is 1. The first-order chi connectivity index (χ1) is 8.67. The number of amides is 1. The number of carbonyl (C=O) groups is 1. The maximum Gasteiger partial charge on any atom is 0.225 e. The van der Waals surface area contributed by atoms with E-state index in [1.165, 1.54) is 5.56 Å². The molecule has 106 valence electrons. The minimum Gasteiger partial charge on any atom is -0.327 e. The van der Waals surface area contributed by atoms with Gasteiger partial charge in [-0.3, -0.25) is 4.79 Å². The van der Waals surface area contributed by atoms with Gasteiger partial charge in [0.1, 0.15) is 0 Å². The predicted octanol–water partition coefficient (Wildman–Crippen LogP) is 3.69. The van der Waals surface area contributed by atoms with Crippen molar-refractivity contribution in [2.75, 3.05) is 5.32 Å². The fourth-order valence-corrected chi connectivity index (χ4v) is 2.49. The topological polar surface area (TPSA) is 55.1 Å². The van der Waals surface area contributed by atoms with Gasteiger partial charge in [0.25, 0.3) is 0 Å². The highest BCUT2D eigenvalue weighted by molar-refractivity contribution is 14.1. The van der Waals surface area contributed by atoms with Crippen LogP contribution in [0.1, 0.15) is 39.2 Å². The van der Waals surface area contributed by atoms with Gasteiger partial charge < -0.3 is 11.1 Å². The molecule has 1 atom stereocenters. The zero-order valence-electron chi connectivity index (χ0n) is 12.1. The second-order valence-electron chi connectivity index (χ2n) is 6.24. The van der Waals surface area contributed by atoms with Crippen LogP contribution < -0.4 is 11.1 Å². The molecule has 1 rings (SSSR count).